The molecule has 0 unspecified atom stereocenters. The van der Waals surface area contributed by atoms with Crippen LogP contribution in [-0.2, 0) is 25.5 Å². The maximum atomic E-state index is 6.38. The van der Waals surface area contributed by atoms with E-state index in [0.29, 0.717) is 5.71 Å². The Labute approximate surface area is 352 Å². The summed E-state index contributed by atoms with van der Waals surface area (Å²) in [7, 11) is 0. The van der Waals surface area contributed by atoms with Crippen LogP contribution in [-0.4, -0.2) is 32.8 Å². The van der Waals surface area contributed by atoms with Gasteiger partial charge >= 0.3 is 106 Å². The van der Waals surface area contributed by atoms with Crippen LogP contribution in [0.15, 0.2) is 138 Å². The number of imidazole rings is 1. The summed E-state index contributed by atoms with van der Waals surface area (Å²) < 4.78 is 10.1. The number of para-hydroxylation sites is 2. The van der Waals surface area contributed by atoms with Crippen LogP contribution in [0.3, 0.4) is 0 Å². The molecule has 0 amide bonds. The third-order valence-electron chi connectivity index (χ3n) is 10.2. The molecule has 5 nitrogen and oxygen atoms in total. The Bertz CT molecular complexity index is 2830. The van der Waals surface area contributed by atoms with E-state index in [9.17, 15) is 0 Å². The number of nitrogens with zero attached hydrogens (tertiary/aromatic N) is 4. The summed E-state index contributed by atoms with van der Waals surface area (Å²) in [4.78, 5) is 14.4. The molecule has 4 heterocycles. The van der Waals surface area contributed by atoms with Crippen LogP contribution in [0.2, 0.25) is 17.3 Å². The molecule has 0 atom stereocenters. The number of hydrogen-bond donors (Lipinski definition) is 0. The van der Waals surface area contributed by atoms with Crippen molar-refractivity contribution in [3.05, 3.63) is 163 Å². The van der Waals surface area contributed by atoms with Crippen molar-refractivity contribution in [2.24, 2.45) is 0 Å². The summed E-state index contributed by atoms with van der Waals surface area (Å²) in [5.74, 6) is 7.95. The molecule has 0 saturated carbocycles. The summed E-state index contributed by atoms with van der Waals surface area (Å²) in [6, 6.07) is 51.0. The first kappa shape index (κ1) is 40.1. The molecule has 0 fully saturated rings. The Kier molecular flexibility index (Phi) is 11.3. The summed E-state index contributed by atoms with van der Waals surface area (Å²) in [5.41, 5.74) is 13.0. The van der Waals surface area contributed by atoms with Crippen molar-refractivity contribution >= 4 is 50.8 Å². The van der Waals surface area contributed by atoms with E-state index in [4.69, 9.17) is 9.40 Å². The minimum Gasteiger partial charge on any atom is -0.486 e. The quantitative estimate of drug-likeness (QED) is 0.127. The van der Waals surface area contributed by atoms with Gasteiger partial charge in [0.25, 0.3) is 0 Å². The molecule has 57 heavy (non-hydrogen) atoms. The van der Waals surface area contributed by atoms with E-state index in [-0.39, 0.29) is 25.5 Å². The van der Waals surface area contributed by atoms with Crippen LogP contribution in [0.4, 0.5) is 0 Å². The van der Waals surface area contributed by atoms with E-state index in [1.165, 1.54) is 26.6 Å². The van der Waals surface area contributed by atoms with Crippen molar-refractivity contribution in [3.63, 3.8) is 0 Å². The van der Waals surface area contributed by atoms with Crippen LogP contribution < -0.4 is 4.40 Å². The molecule has 5 aromatic carbocycles. The Morgan fingerprint density at radius 1 is 0.719 bits per heavy atom. The largest absolute Gasteiger partial charge is 0.486 e. The Balaban J connectivity index is 0.000000232. The van der Waals surface area contributed by atoms with E-state index in [0.717, 1.165) is 61.4 Å². The molecule has 0 aliphatic rings. The SMILES string of the molecule is Cc1c[c-]c(-c2cc[c]([Ge]([CH3])([CH3])[CH3])cn2)cc1.Cc1ccc2c(n1)oc1c(-c3nc4ccccc4n3-c3ccc(-c4ccccc4)cc3C(C)(C)C)[c-]ccc12.[Ir]. The average molecular weight is 984 g/mol. The molecule has 0 spiro atoms. The fourth-order valence-corrected chi connectivity index (χ4v) is 9.29. The van der Waals surface area contributed by atoms with Crippen LogP contribution in [0.1, 0.15) is 37.6 Å². The third-order valence-corrected chi connectivity index (χ3v) is 14.5. The first-order valence-corrected chi connectivity index (χ1v) is 26.5. The van der Waals surface area contributed by atoms with Crippen molar-refractivity contribution in [3.8, 4) is 39.5 Å². The summed E-state index contributed by atoms with van der Waals surface area (Å²) in [6.07, 6.45) is 2.04. The number of aryl methyl sites for hydroxylation is 2. The van der Waals surface area contributed by atoms with Crippen LogP contribution in [0.25, 0.3) is 72.6 Å². The predicted octanol–water partition coefficient (Wildman–Crippen LogP) is 12.5. The summed E-state index contributed by atoms with van der Waals surface area (Å²) in [6.45, 7) is 10.8. The molecule has 0 N–H and O–H groups in total. The van der Waals surface area contributed by atoms with Gasteiger partial charge in [-0.1, -0.05) is 80.3 Å². The van der Waals surface area contributed by atoms with Crippen molar-refractivity contribution in [1.82, 2.24) is 19.5 Å². The second-order valence-electron chi connectivity index (χ2n) is 16.6. The Morgan fingerprint density at radius 2 is 1.49 bits per heavy atom. The smallest absolute Gasteiger partial charge is 0.216 e. The minimum atomic E-state index is -1.73. The first-order chi connectivity index (χ1) is 26.8. The van der Waals surface area contributed by atoms with Gasteiger partial charge in [-0.3, -0.25) is 4.98 Å². The number of pyridine rings is 2. The van der Waals surface area contributed by atoms with E-state index in [1.807, 2.05) is 43.5 Å². The van der Waals surface area contributed by atoms with Gasteiger partial charge in [-0.15, -0.1) is 18.2 Å². The molecular formula is C50H46GeIrN4O-2. The van der Waals surface area contributed by atoms with Crippen LogP contribution in [0.5, 0.6) is 0 Å². The van der Waals surface area contributed by atoms with Crippen LogP contribution in [0, 0.1) is 26.0 Å². The monoisotopic (exact) mass is 985 g/mol. The Morgan fingerprint density at radius 3 is 2.19 bits per heavy atom. The van der Waals surface area contributed by atoms with Gasteiger partial charge in [-0.25, -0.2) is 4.98 Å². The standard InChI is InChI=1S/C35H28N3O.C15H18GeN.Ir/c1-22-17-19-26-25-13-10-14-27(32(25)39-34(26)36-22)33-37-29-15-8-9-16-31(29)38(33)30-20-18-24(21-28(30)35(2,3)4)23-11-6-5-7-12-23;1-12-5-7-13(8-6-12)15-10-9-14(11-17-15)16(2,3)4;/h5-13,15-21H,1-4H3;5-7,9-11H,1-4H3;/q2*-1;. The molecule has 287 valence electrons. The van der Waals surface area contributed by atoms with E-state index in [2.05, 4.69) is 169 Å². The molecule has 4 aromatic heterocycles. The predicted molar refractivity (Wildman–Crippen MR) is 236 cm³/mol. The van der Waals surface area contributed by atoms with Gasteiger partial charge in [0.1, 0.15) is 0 Å². The molecule has 0 aliphatic heterocycles. The number of furan rings is 1. The van der Waals surface area contributed by atoms with E-state index in [1.54, 1.807) is 0 Å². The summed E-state index contributed by atoms with van der Waals surface area (Å²) >= 11 is -1.73. The van der Waals surface area contributed by atoms with E-state index >= 15 is 0 Å². The van der Waals surface area contributed by atoms with Crippen LogP contribution >= 0.6 is 0 Å². The maximum absolute atomic E-state index is 6.38. The van der Waals surface area contributed by atoms with Crippen molar-refractivity contribution < 1.29 is 24.5 Å². The molecule has 0 aliphatic carbocycles. The molecule has 0 saturated heterocycles. The van der Waals surface area contributed by atoms with Crippen molar-refractivity contribution in [1.29, 1.82) is 0 Å². The fourth-order valence-electron chi connectivity index (χ4n) is 7.12. The second kappa shape index (κ2) is 16.0. The first-order valence-electron chi connectivity index (χ1n) is 19.2. The van der Waals surface area contributed by atoms with Gasteiger partial charge in [0.05, 0.1) is 22.4 Å². The summed E-state index contributed by atoms with van der Waals surface area (Å²) in [5, 5.41) is 2.01. The average Bonchev–Trinajstić information content (AvgIpc) is 3.76. The van der Waals surface area contributed by atoms with Gasteiger partial charge in [0, 0.05) is 36.9 Å². The van der Waals surface area contributed by atoms with Crippen molar-refractivity contribution in [2.75, 3.05) is 0 Å². The van der Waals surface area contributed by atoms with E-state index < -0.39 is 13.3 Å². The minimum absolute atomic E-state index is 0. The fraction of sp³-hybridized carbons (Fsp3) is 0.180. The van der Waals surface area contributed by atoms with Gasteiger partial charge < -0.3 is 8.98 Å². The second-order valence-corrected chi connectivity index (χ2v) is 27.2. The normalized spacial score (nSPS) is 11.7. The topological polar surface area (TPSA) is 56.7 Å². The zero-order valence-corrected chi connectivity index (χ0v) is 38.2. The molecule has 9 aromatic rings. The molecular weight excluding hydrogens is 937 g/mol. The zero-order chi connectivity index (χ0) is 39.2. The third kappa shape index (κ3) is 8.18. The molecule has 7 heteroatoms. The number of rotatable bonds is 5. The van der Waals surface area contributed by atoms with Crippen molar-refractivity contribution in [2.45, 2.75) is 57.3 Å². The zero-order valence-electron chi connectivity index (χ0n) is 33.7. The van der Waals surface area contributed by atoms with Gasteiger partial charge in [0.15, 0.2) is 0 Å². The number of fused-ring (bicyclic) bond motifs is 4. The Hall–Kier alpha value is -5.14. The number of hydrogen-bond acceptors (Lipinski definition) is 4. The molecule has 0 bridgehead atoms. The number of benzene rings is 5. The molecule has 9 rings (SSSR count). The molecule has 1 radical (unpaired) electrons. The van der Waals surface area contributed by atoms with Gasteiger partial charge in [-0.05, 0) is 65.4 Å². The van der Waals surface area contributed by atoms with Gasteiger partial charge in [-0.2, -0.15) is 0 Å². The van der Waals surface area contributed by atoms with Gasteiger partial charge in [0.2, 0.25) is 5.71 Å². The maximum Gasteiger partial charge on any atom is 0.216 e. The number of aromatic nitrogens is 4.